The summed E-state index contributed by atoms with van der Waals surface area (Å²) in [6, 6.07) is 0.493. The maximum Gasteiger partial charge on any atom is 0.150 e. The highest BCUT2D eigenvalue weighted by molar-refractivity contribution is 7.91. The van der Waals surface area contributed by atoms with Crippen molar-refractivity contribution in [2.75, 3.05) is 32.4 Å². The quantitative estimate of drug-likeness (QED) is 0.839. The second-order valence-electron chi connectivity index (χ2n) is 6.58. The lowest BCUT2D eigenvalue weighted by atomic mass is 9.90. The molecule has 0 bridgehead atoms. The van der Waals surface area contributed by atoms with Crippen LogP contribution < -0.4 is 5.32 Å². The van der Waals surface area contributed by atoms with Crippen LogP contribution in [0, 0.1) is 5.92 Å². The molecule has 1 aliphatic heterocycles. The monoisotopic (exact) mass is 302 g/mol. The Hall–Kier alpha value is -0.130. The Bertz CT molecular complexity index is 397. The van der Waals surface area contributed by atoms with Crippen molar-refractivity contribution in [3.05, 3.63) is 0 Å². The molecule has 1 heterocycles. The smallest absolute Gasteiger partial charge is 0.150 e. The van der Waals surface area contributed by atoms with Crippen molar-refractivity contribution in [2.45, 2.75) is 56.7 Å². The summed E-state index contributed by atoms with van der Waals surface area (Å²) in [6.07, 6.45) is 7.94. The van der Waals surface area contributed by atoms with Gasteiger partial charge in [-0.3, -0.25) is 0 Å². The molecule has 0 aromatic heterocycles. The number of likely N-dealkylation sites (tertiary alicyclic amines) is 1. The van der Waals surface area contributed by atoms with E-state index in [4.69, 9.17) is 0 Å². The van der Waals surface area contributed by atoms with E-state index in [2.05, 4.69) is 17.1 Å². The molecule has 1 saturated heterocycles. The molecule has 20 heavy (non-hydrogen) atoms. The van der Waals surface area contributed by atoms with Gasteiger partial charge in [-0.15, -0.1) is 0 Å². The summed E-state index contributed by atoms with van der Waals surface area (Å²) >= 11 is 0. The fraction of sp³-hybridized carbons (Fsp3) is 1.00. The third-order valence-electron chi connectivity index (χ3n) is 4.95. The standard InChI is InChI=1S/C15H30N2O2S/c1-3-16-11-13-6-5-9-17(12-13)14-7-4-8-15(10-14)20(2,18)19/h13-16H,3-12H2,1-2H3. The van der Waals surface area contributed by atoms with Crippen LogP contribution in [0.3, 0.4) is 0 Å². The van der Waals surface area contributed by atoms with Gasteiger partial charge in [0.15, 0.2) is 0 Å². The van der Waals surface area contributed by atoms with Crippen LogP contribution in [0.4, 0.5) is 0 Å². The topological polar surface area (TPSA) is 49.4 Å². The van der Waals surface area contributed by atoms with Gasteiger partial charge in [0.2, 0.25) is 0 Å². The SMILES string of the molecule is CCNCC1CCCN(C2CCCC(S(C)(=O)=O)C2)C1. The number of piperidine rings is 1. The molecule has 1 aliphatic carbocycles. The first-order chi connectivity index (χ1) is 9.50. The Balaban J connectivity index is 1.90. The maximum absolute atomic E-state index is 11.8. The van der Waals surface area contributed by atoms with Gasteiger partial charge in [-0.2, -0.15) is 0 Å². The van der Waals surface area contributed by atoms with E-state index in [1.807, 2.05) is 0 Å². The van der Waals surface area contributed by atoms with Gasteiger partial charge in [-0.25, -0.2) is 8.42 Å². The van der Waals surface area contributed by atoms with E-state index in [0.717, 1.165) is 51.4 Å². The highest BCUT2D eigenvalue weighted by atomic mass is 32.2. The molecule has 1 saturated carbocycles. The normalized spacial score (nSPS) is 33.2. The highest BCUT2D eigenvalue weighted by Crippen LogP contribution is 2.30. The Morgan fingerprint density at radius 3 is 2.70 bits per heavy atom. The summed E-state index contributed by atoms with van der Waals surface area (Å²) in [6.45, 7) is 6.60. The average Bonchev–Trinajstić information content (AvgIpc) is 2.45. The van der Waals surface area contributed by atoms with Gasteiger partial charge in [0.25, 0.3) is 0 Å². The summed E-state index contributed by atoms with van der Waals surface area (Å²) in [5.41, 5.74) is 0. The Labute approximate surface area is 124 Å². The molecule has 0 amide bonds. The lowest BCUT2D eigenvalue weighted by Gasteiger charge is -2.41. The van der Waals surface area contributed by atoms with Crippen LogP contribution in [0.1, 0.15) is 45.4 Å². The van der Waals surface area contributed by atoms with Crippen LogP contribution in [0.5, 0.6) is 0 Å². The van der Waals surface area contributed by atoms with Gasteiger partial charge in [-0.1, -0.05) is 13.3 Å². The third kappa shape index (κ3) is 4.43. The Kier molecular flexibility index (Phi) is 5.87. The number of nitrogens with one attached hydrogen (secondary N) is 1. The Morgan fingerprint density at radius 1 is 1.20 bits per heavy atom. The summed E-state index contributed by atoms with van der Waals surface area (Å²) in [4.78, 5) is 2.57. The molecule has 2 fully saturated rings. The second-order valence-corrected chi connectivity index (χ2v) is 8.91. The molecule has 2 aliphatic rings. The fourth-order valence-electron chi connectivity index (χ4n) is 3.78. The van der Waals surface area contributed by atoms with E-state index in [1.165, 1.54) is 25.5 Å². The van der Waals surface area contributed by atoms with Crippen LogP contribution in [-0.2, 0) is 9.84 Å². The molecule has 4 nitrogen and oxygen atoms in total. The van der Waals surface area contributed by atoms with Gasteiger partial charge >= 0.3 is 0 Å². The minimum absolute atomic E-state index is 0.101. The van der Waals surface area contributed by atoms with Crippen molar-refractivity contribution >= 4 is 9.84 Å². The number of hydrogen-bond donors (Lipinski definition) is 1. The molecule has 118 valence electrons. The van der Waals surface area contributed by atoms with Crippen molar-refractivity contribution in [3.63, 3.8) is 0 Å². The first-order valence-electron chi connectivity index (χ1n) is 8.14. The zero-order valence-electron chi connectivity index (χ0n) is 13.0. The predicted octanol–water partition coefficient (Wildman–Crippen LogP) is 1.66. The average molecular weight is 302 g/mol. The first kappa shape index (κ1) is 16.2. The molecule has 0 spiro atoms. The molecule has 0 radical (unpaired) electrons. The molecule has 2 rings (SSSR count). The van der Waals surface area contributed by atoms with Gasteiger partial charge in [-0.05, 0) is 57.7 Å². The predicted molar refractivity (Wildman–Crippen MR) is 83.7 cm³/mol. The molecule has 0 aromatic carbocycles. The van der Waals surface area contributed by atoms with Crippen molar-refractivity contribution in [2.24, 2.45) is 5.92 Å². The van der Waals surface area contributed by atoms with Gasteiger partial charge < -0.3 is 10.2 Å². The minimum atomic E-state index is -2.86. The number of rotatable bonds is 5. The van der Waals surface area contributed by atoms with Crippen molar-refractivity contribution in [1.82, 2.24) is 10.2 Å². The molecule has 3 atom stereocenters. The maximum atomic E-state index is 11.8. The number of sulfone groups is 1. The van der Waals surface area contributed by atoms with E-state index >= 15 is 0 Å². The summed E-state index contributed by atoms with van der Waals surface area (Å²) in [5.74, 6) is 0.738. The van der Waals surface area contributed by atoms with Gasteiger partial charge in [0.05, 0.1) is 5.25 Å². The molecule has 5 heteroatoms. The van der Waals surface area contributed by atoms with Gasteiger partial charge in [0.1, 0.15) is 9.84 Å². The zero-order valence-corrected chi connectivity index (χ0v) is 13.8. The first-order valence-corrected chi connectivity index (χ1v) is 10.1. The lowest BCUT2D eigenvalue weighted by molar-refractivity contribution is 0.0990. The Morgan fingerprint density at radius 2 is 2.00 bits per heavy atom. The largest absolute Gasteiger partial charge is 0.317 e. The van der Waals surface area contributed by atoms with Crippen LogP contribution in [0.2, 0.25) is 0 Å². The number of hydrogen-bond acceptors (Lipinski definition) is 4. The van der Waals surface area contributed by atoms with Crippen LogP contribution >= 0.6 is 0 Å². The molecular weight excluding hydrogens is 272 g/mol. The van der Waals surface area contributed by atoms with Crippen molar-refractivity contribution < 1.29 is 8.42 Å². The fourth-order valence-corrected chi connectivity index (χ4v) is 4.95. The molecule has 0 aromatic rings. The second kappa shape index (κ2) is 7.23. The van der Waals surface area contributed by atoms with Crippen LogP contribution in [0.15, 0.2) is 0 Å². The van der Waals surface area contributed by atoms with E-state index in [-0.39, 0.29) is 5.25 Å². The van der Waals surface area contributed by atoms with Crippen LogP contribution in [0.25, 0.3) is 0 Å². The third-order valence-corrected chi connectivity index (χ3v) is 6.59. The summed E-state index contributed by atoms with van der Waals surface area (Å²) < 4.78 is 23.6. The van der Waals surface area contributed by atoms with E-state index in [0.29, 0.717) is 6.04 Å². The highest BCUT2D eigenvalue weighted by Gasteiger charge is 2.33. The van der Waals surface area contributed by atoms with Crippen molar-refractivity contribution in [3.8, 4) is 0 Å². The zero-order chi connectivity index (χ0) is 14.6. The van der Waals surface area contributed by atoms with Gasteiger partial charge in [0, 0.05) is 18.8 Å². The van der Waals surface area contributed by atoms with Crippen LogP contribution in [-0.4, -0.2) is 57.0 Å². The molecular formula is C15H30N2O2S. The molecule has 3 unspecified atom stereocenters. The lowest BCUT2D eigenvalue weighted by Crippen LogP contribution is -2.48. The molecule has 1 N–H and O–H groups in total. The summed E-state index contributed by atoms with van der Waals surface area (Å²) in [7, 11) is -2.86. The minimum Gasteiger partial charge on any atom is -0.317 e. The van der Waals surface area contributed by atoms with E-state index in [9.17, 15) is 8.42 Å². The van der Waals surface area contributed by atoms with E-state index in [1.54, 1.807) is 0 Å². The number of nitrogens with zero attached hydrogens (tertiary/aromatic N) is 1. The van der Waals surface area contributed by atoms with E-state index < -0.39 is 9.84 Å². The summed E-state index contributed by atoms with van der Waals surface area (Å²) in [5, 5.41) is 3.35. The van der Waals surface area contributed by atoms with Crippen molar-refractivity contribution in [1.29, 1.82) is 0 Å².